The van der Waals surface area contributed by atoms with E-state index in [0.717, 1.165) is 15.6 Å². The Kier molecular flexibility index (Phi) is 6.59. The number of nitrogens with one attached hydrogen (secondary N) is 1. The van der Waals surface area contributed by atoms with Crippen molar-refractivity contribution in [1.82, 2.24) is 5.32 Å². The van der Waals surface area contributed by atoms with Crippen LogP contribution in [0.15, 0.2) is 53.0 Å². The lowest BCUT2D eigenvalue weighted by Crippen LogP contribution is -2.28. The van der Waals surface area contributed by atoms with Gasteiger partial charge >= 0.3 is 12.0 Å². The highest BCUT2D eigenvalue weighted by molar-refractivity contribution is 9.10. The van der Waals surface area contributed by atoms with Crippen LogP contribution in [0.2, 0.25) is 0 Å². The number of esters is 1. The molecule has 0 heterocycles. The molecule has 130 valence electrons. The summed E-state index contributed by atoms with van der Waals surface area (Å²) in [5.41, 5.74) is 6.67. The first kappa shape index (κ1) is 18.5. The molecule has 2 amide bonds. The van der Waals surface area contributed by atoms with Crippen molar-refractivity contribution in [3.05, 3.63) is 64.1 Å². The van der Waals surface area contributed by atoms with Crippen molar-refractivity contribution in [2.75, 3.05) is 7.11 Å². The number of methoxy groups -OCH3 is 1. The van der Waals surface area contributed by atoms with E-state index in [9.17, 15) is 9.59 Å². The fourth-order valence-corrected chi connectivity index (χ4v) is 2.43. The lowest BCUT2D eigenvalue weighted by Gasteiger charge is -2.10. The largest absolute Gasteiger partial charge is 0.493 e. The topological polar surface area (TPSA) is 90.7 Å². The number of urea groups is 1. The highest BCUT2D eigenvalue weighted by Crippen LogP contribution is 2.28. The Morgan fingerprint density at radius 2 is 2.00 bits per heavy atom. The minimum Gasteiger partial charge on any atom is -0.493 e. The minimum atomic E-state index is -0.618. The second kappa shape index (κ2) is 8.89. The zero-order valence-corrected chi connectivity index (χ0v) is 15.1. The number of benzene rings is 2. The highest BCUT2D eigenvalue weighted by Gasteiger charge is 2.09. The van der Waals surface area contributed by atoms with Gasteiger partial charge in [0.1, 0.15) is 0 Å². The summed E-state index contributed by atoms with van der Waals surface area (Å²) < 4.78 is 11.4. The quantitative estimate of drug-likeness (QED) is 0.439. The standard InChI is InChI=1S/C18H17BrN2O4/c1-24-16-10-13(11-21-18(20)23)5-7-15(16)25-17(22)8-6-12-3-2-4-14(19)9-12/h2-10H,11H2,1H3,(H3,20,21,23)/b8-6+. The van der Waals surface area contributed by atoms with Crippen LogP contribution >= 0.6 is 15.9 Å². The number of primary amides is 1. The number of amides is 2. The third-order valence-electron chi connectivity index (χ3n) is 3.17. The summed E-state index contributed by atoms with van der Waals surface area (Å²) in [6.45, 7) is 0.253. The summed E-state index contributed by atoms with van der Waals surface area (Å²) in [5, 5.41) is 2.48. The Balaban J connectivity index is 2.05. The van der Waals surface area contributed by atoms with Gasteiger partial charge in [-0.2, -0.15) is 0 Å². The molecule has 0 radical (unpaired) electrons. The number of carbonyl (C=O) groups is 2. The predicted molar refractivity (Wildman–Crippen MR) is 98.2 cm³/mol. The van der Waals surface area contributed by atoms with Crippen molar-refractivity contribution in [2.45, 2.75) is 6.54 Å². The number of rotatable bonds is 6. The van der Waals surface area contributed by atoms with Crippen molar-refractivity contribution in [1.29, 1.82) is 0 Å². The molecule has 7 heteroatoms. The van der Waals surface area contributed by atoms with Gasteiger partial charge in [-0.15, -0.1) is 0 Å². The van der Waals surface area contributed by atoms with E-state index in [4.69, 9.17) is 15.2 Å². The molecule has 0 aliphatic heterocycles. The predicted octanol–water partition coefficient (Wildman–Crippen LogP) is 3.24. The van der Waals surface area contributed by atoms with Crippen LogP contribution in [0, 0.1) is 0 Å². The maximum absolute atomic E-state index is 12.0. The van der Waals surface area contributed by atoms with Crippen LogP contribution in [0.25, 0.3) is 6.08 Å². The normalized spacial score (nSPS) is 10.5. The molecule has 2 aromatic rings. The summed E-state index contributed by atoms with van der Waals surface area (Å²) in [6, 6.07) is 11.9. The van der Waals surface area contributed by atoms with E-state index in [-0.39, 0.29) is 12.3 Å². The van der Waals surface area contributed by atoms with Gasteiger partial charge in [-0.3, -0.25) is 0 Å². The Bertz CT molecular complexity index is 805. The molecule has 0 aliphatic carbocycles. The number of nitrogens with two attached hydrogens (primary N) is 1. The van der Waals surface area contributed by atoms with Gasteiger partial charge < -0.3 is 20.5 Å². The van der Waals surface area contributed by atoms with Gasteiger partial charge in [0.15, 0.2) is 11.5 Å². The number of halogens is 1. The molecular formula is C18H17BrN2O4. The van der Waals surface area contributed by atoms with Crippen molar-refractivity contribution >= 4 is 34.0 Å². The molecule has 6 nitrogen and oxygen atoms in total. The highest BCUT2D eigenvalue weighted by atomic mass is 79.9. The molecule has 0 bridgehead atoms. The minimum absolute atomic E-state index is 0.253. The van der Waals surface area contributed by atoms with E-state index in [1.165, 1.54) is 13.2 Å². The molecule has 0 spiro atoms. The van der Waals surface area contributed by atoms with E-state index >= 15 is 0 Å². The summed E-state index contributed by atoms with van der Waals surface area (Å²) in [6.07, 6.45) is 2.99. The third kappa shape index (κ3) is 5.96. The smallest absolute Gasteiger partial charge is 0.336 e. The Labute approximate surface area is 153 Å². The van der Waals surface area contributed by atoms with Crippen LogP contribution in [-0.2, 0) is 11.3 Å². The molecular weight excluding hydrogens is 388 g/mol. The average molecular weight is 405 g/mol. The van der Waals surface area contributed by atoms with Crippen molar-refractivity contribution in [3.63, 3.8) is 0 Å². The second-order valence-electron chi connectivity index (χ2n) is 5.01. The summed E-state index contributed by atoms with van der Waals surface area (Å²) in [4.78, 5) is 22.7. The van der Waals surface area contributed by atoms with Crippen molar-refractivity contribution in [2.24, 2.45) is 5.73 Å². The van der Waals surface area contributed by atoms with Crippen LogP contribution in [-0.4, -0.2) is 19.1 Å². The molecule has 0 aliphatic rings. The maximum atomic E-state index is 12.0. The first-order valence-electron chi connectivity index (χ1n) is 7.33. The molecule has 2 aromatic carbocycles. The van der Waals surface area contributed by atoms with Crippen LogP contribution in [0.4, 0.5) is 4.79 Å². The number of carbonyl (C=O) groups excluding carboxylic acids is 2. The van der Waals surface area contributed by atoms with Gasteiger partial charge in [-0.25, -0.2) is 9.59 Å². The number of hydrogen-bond donors (Lipinski definition) is 2. The van der Waals surface area contributed by atoms with Gasteiger partial charge in [0.2, 0.25) is 0 Å². The molecule has 0 fully saturated rings. The van der Waals surface area contributed by atoms with Crippen LogP contribution in [0.5, 0.6) is 11.5 Å². The average Bonchev–Trinajstić information content (AvgIpc) is 2.59. The van der Waals surface area contributed by atoms with Crippen molar-refractivity contribution in [3.8, 4) is 11.5 Å². The molecule has 0 unspecified atom stereocenters. The van der Waals surface area contributed by atoms with E-state index in [2.05, 4.69) is 21.2 Å². The maximum Gasteiger partial charge on any atom is 0.336 e. The Morgan fingerprint density at radius 1 is 1.20 bits per heavy atom. The molecule has 0 aromatic heterocycles. The summed E-state index contributed by atoms with van der Waals surface area (Å²) in [5.74, 6) is 0.142. The monoisotopic (exact) mass is 404 g/mol. The fourth-order valence-electron chi connectivity index (χ4n) is 2.01. The second-order valence-corrected chi connectivity index (χ2v) is 5.93. The van der Waals surface area contributed by atoms with E-state index in [1.54, 1.807) is 24.3 Å². The van der Waals surface area contributed by atoms with Gasteiger partial charge in [-0.05, 0) is 41.5 Å². The first-order valence-corrected chi connectivity index (χ1v) is 8.13. The van der Waals surface area contributed by atoms with Crippen LogP contribution in [0.3, 0.4) is 0 Å². The molecule has 0 saturated carbocycles. The van der Waals surface area contributed by atoms with Gasteiger partial charge in [0.05, 0.1) is 7.11 Å². The third-order valence-corrected chi connectivity index (χ3v) is 3.66. The molecule has 25 heavy (non-hydrogen) atoms. The molecule has 3 N–H and O–H groups in total. The molecule has 0 atom stereocenters. The summed E-state index contributed by atoms with van der Waals surface area (Å²) in [7, 11) is 1.47. The lowest BCUT2D eigenvalue weighted by atomic mass is 10.2. The molecule has 0 saturated heterocycles. The van der Waals surface area contributed by atoms with Crippen LogP contribution < -0.4 is 20.5 Å². The van der Waals surface area contributed by atoms with Gasteiger partial charge in [0, 0.05) is 17.1 Å². The zero-order valence-electron chi connectivity index (χ0n) is 13.5. The zero-order chi connectivity index (χ0) is 18.2. The van der Waals surface area contributed by atoms with E-state index in [1.807, 2.05) is 24.3 Å². The first-order chi connectivity index (χ1) is 12.0. The van der Waals surface area contributed by atoms with E-state index in [0.29, 0.717) is 5.75 Å². The number of hydrogen-bond acceptors (Lipinski definition) is 4. The SMILES string of the molecule is COc1cc(CNC(N)=O)ccc1OC(=O)/C=C/c1cccc(Br)c1. The van der Waals surface area contributed by atoms with Gasteiger partial charge in [-0.1, -0.05) is 34.1 Å². The van der Waals surface area contributed by atoms with Crippen LogP contribution in [0.1, 0.15) is 11.1 Å². The van der Waals surface area contributed by atoms with Crippen molar-refractivity contribution < 1.29 is 19.1 Å². The molecule has 2 rings (SSSR count). The van der Waals surface area contributed by atoms with Gasteiger partial charge in [0.25, 0.3) is 0 Å². The summed E-state index contributed by atoms with van der Waals surface area (Å²) >= 11 is 3.37. The lowest BCUT2D eigenvalue weighted by molar-refractivity contribution is -0.129. The van der Waals surface area contributed by atoms with E-state index < -0.39 is 12.0 Å². The number of ether oxygens (including phenoxy) is 2. The fraction of sp³-hybridized carbons (Fsp3) is 0.111. The Hall–Kier alpha value is -2.80. The Morgan fingerprint density at radius 3 is 2.68 bits per heavy atom.